The zero-order valence-electron chi connectivity index (χ0n) is 10.1. The summed E-state index contributed by atoms with van der Waals surface area (Å²) < 4.78 is 10.3. The van der Waals surface area contributed by atoms with Crippen LogP contribution in [0.4, 0.5) is 5.69 Å². The molecule has 1 aliphatic heterocycles. The number of ether oxygens (including phenoxy) is 2. The molecule has 1 saturated heterocycles. The number of nitrogens with two attached hydrogens (primary N) is 1. The molecule has 19 heavy (non-hydrogen) atoms. The highest BCUT2D eigenvalue weighted by molar-refractivity contribution is 5.41. The monoisotopic (exact) mass is 271 g/mol. The summed E-state index contributed by atoms with van der Waals surface area (Å²) in [5, 5.41) is 38.2. The molecule has 106 valence electrons. The van der Waals surface area contributed by atoms with Gasteiger partial charge in [-0.15, -0.1) is 0 Å². The Morgan fingerprint density at radius 3 is 2.32 bits per heavy atom. The lowest BCUT2D eigenvalue weighted by molar-refractivity contribution is -0.280. The second-order valence-electron chi connectivity index (χ2n) is 4.38. The summed E-state index contributed by atoms with van der Waals surface area (Å²) in [7, 11) is 0. The lowest BCUT2D eigenvalue weighted by atomic mass is 9.99. The Kier molecular flexibility index (Phi) is 4.23. The smallest absolute Gasteiger partial charge is 0.195 e. The van der Waals surface area contributed by atoms with Gasteiger partial charge in [0.15, 0.2) is 12.4 Å². The largest absolute Gasteiger partial charge is 0.482 e. The van der Waals surface area contributed by atoms with Crippen LogP contribution in [-0.4, -0.2) is 57.7 Å². The normalized spacial score (nSPS) is 35.1. The second-order valence-corrected chi connectivity index (χ2v) is 4.38. The van der Waals surface area contributed by atoms with Gasteiger partial charge >= 0.3 is 0 Å². The first-order valence-corrected chi connectivity index (χ1v) is 5.85. The lowest BCUT2D eigenvalue weighted by Gasteiger charge is -2.39. The topological polar surface area (TPSA) is 125 Å². The van der Waals surface area contributed by atoms with E-state index in [2.05, 4.69) is 0 Å². The maximum absolute atomic E-state index is 9.87. The maximum atomic E-state index is 9.87. The molecule has 5 atom stereocenters. The summed E-state index contributed by atoms with van der Waals surface area (Å²) in [4.78, 5) is 0. The standard InChI is InChI=1S/C12H17NO6/c13-6-1-3-7(4-2-6)18-11-10(16)9(15)8(5-14)19-12(11)17/h1-4,8-12,14-17H,5,13H2/t8-,9+,10+,11-,12-/m1/s1. The highest BCUT2D eigenvalue weighted by atomic mass is 16.7. The average Bonchev–Trinajstić information content (AvgIpc) is 2.41. The zero-order chi connectivity index (χ0) is 14.0. The molecule has 0 aromatic heterocycles. The molecular formula is C12H17NO6. The summed E-state index contributed by atoms with van der Waals surface area (Å²) in [5.41, 5.74) is 6.08. The van der Waals surface area contributed by atoms with Gasteiger partial charge in [0.2, 0.25) is 0 Å². The fourth-order valence-electron chi connectivity index (χ4n) is 1.90. The van der Waals surface area contributed by atoms with Gasteiger partial charge in [-0.1, -0.05) is 0 Å². The van der Waals surface area contributed by atoms with Crippen LogP contribution in [0.25, 0.3) is 0 Å². The minimum atomic E-state index is -1.45. The van der Waals surface area contributed by atoms with Crippen molar-refractivity contribution < 1.29 is 29.9 Å². The van der Waals surface area contributed by atoms with Crippen LogP contribution in [0.2, 0.25) is 0 Å². The summed E-state index contributed by atoms with van der Waals surface area (Å²) in [6.07, 6.45) is -6.36. The summed E-state index contributed by atoms with van der Waals surface area (Å²) >= 11 is 0. The summed E-state index contributed by atoms with van der Waals surface area (Å²) in [5.74, 6) is 0.371. The fraction of sp³-hybridized carbons (Fsp3) is 0.500. The molecule has 0 bridgehead atoms. The number of aliphatic hydroxyl groups is 4. The average molecular weight is 271 g/mol. The van der Waals surface area contributed by atoms with Gasteiger partial charge in [0.25, 0.3) is 0 Å². The van der Waals surface area contributed by atoms with Gasteiger partial charge in [-0.25, -0.2) is 0 Å². The minimum Gasteiger partial charge on any atom is -0.482 e. The van der Waals surface area contributed by atoms with Crippen molar-refractivity contribution >= 4 is 5.69 Å². The minimum absolute atomic E-state index is 0.371. The number of rotatable bonds is 3. The predicted octanol–water partition coefficient (Wildman–Crippen LogP) is -1.55. The Morgan fingerprint density at radius 2 is 1.74 bits per heavy atom. The van der Waals surface area contributed by atoms with Crippen molar-refractivity contribution in [3.05, 3.63) is 24.3 Å². The van der Waals surface area contributed by atoms with E-state index in [1.54, 1.807) is 24.3 Å². The second kappa shape index (κ2) is 5.72. The van der Waals surface area contributed by atoms with Crippen molar-refractivity contribution in [1.82, 2.24) is 0 Å². The van der Waals surface area contributed by atoms with Crippen LogP contribution >= 0.6 is 0 Å². The Bertz CT molecular complexity index is 411. The van der Waals surface area contributed by atoms with Crippen molar-refractivity contribution in [2.75, 3.05) is 12.3 Å². The first kappa shape index (κ1) is 14.0. The molecule has 0 unspecified atom stereocenters. The van der Waals surface area contributed by atoms with Gasteiger partial charge in [-0.3, -0.25) is 0 Å². The van der Waals surface area contributed by atoms with Crippen LogP contribution in [0.3, 0.4) is 0 Å². The van der Waals surface area contributed by atoms with E-state index in [9.17, 15) is 15.3 Å². The fourth-order valence-corrected chi connectivity index (χ4v) is 1.90. The van der Waals surface area contributed by atoms with E-state index in [0.29, 0.717) is 11.4 Å². The highest BCUT2D eigenvalue weighted by Crippen LogP contribution is 2.24. The van der Waals surface area contributed by atoms with Crippen molar-refractivity contribution in [2.45, 2.75) is 30.7 Å². The summed E-state index contributed by atoms with van der Waals surface area (Å²) in [6.45, 7) is -0.510. The Morgan fingerprint density at radius 1 is 1.11 bits per heavy atom. The molecule has 2 rings (SSSR count). The Balaban J connectivity index is 2.09. The number of benzene rings is 1. The zero-order valence-corrected chi connectivity index (χ0v) is 10.1. The van der Waals surface area contributed by atoms with E-state index >= 15 is 0 Å². The quantitative estimate of drug-likeness (QED) is 0.421. The van der Waals surface area contributed by atoms with E-state index in [4.69, 9.17) is 20.3 Å². The van der Waals surface area contributed by atoms with Crippen molar-refractivity contribution in [3.8, 4) is 5.75 Å². The van der Waals surface area contributed by atoms with Crippen LogP contribution in [-0.2, 0) is 4.74 Å². The summed E-state index contributed by atoms with van der Waals surface area (Å²) in [6, 6.07) is 6.34. The van der Waals surface area contributed by atoms with E-state index in [1.807, 2.05) is 0 Å². The van der Waals surface area contributed by atoms with Gasteiger partial charge in [-0.2, -0.15) is 0 Å². The first-order chi connectivity index (χ1) is 9.02. The molecule has 6 N–H and O–H groups in total. The van der Waals surface area contributed by atoms with Crippen LogP contribution in [0, 0.1) is 0 Å². The Hall–Kier alpha value is -1.38. The van der Waals surface area contributed by atoms with Gasteiger partial charge in [-0.05, 0) is 24.3 Å². The third kappa shape index (κ3) is 2.96. The molecule has 1 aromatic carbocycles. The SMILES string of the molecule is Nc1ccc(O[C@@H]2[C@@H](O)[C@@H](O)[C@@H](CO)O[C@H]2O)cc1. The molecule has 7 nitrogen and oxygen atoms in total. The molecule has 1 aliphatic rings. The molecule has 1 heterocycles. The molecule has 0 radical (unpaired) electrons. The van der Waals surface area contributed by atoms with Crippen LogP contribution < -0.4 is 10.5 Å². The molecular weight excluding hydrogens is 254 g/mol. The predicted molar refractivity (Wildman–Crippen MR) is 65.2 cm³/mol. The van der Waals surface area contributed by atoms with E-state index < -0.39 is 37.3 Å². The number of hydrogen-bond acceptors (Lipinski definition) is 7. The number of nitrogen functional groups attached to an aromatic ring is 1. The van der Waals surface area contributed by atoms with Gasteiger partial charge in [0.05, 0.1) is 6.61 Å². The molecule has 0 amide bonds. The maximum Gasteiger partial charge on any atom is 0.195 e. The molecule has 0 aliphatic carbocycles. The van der Waals surface area contributed by atoms with Gasteiger partial charge in [0.1, 0.15) is 24.1 Å². The number of hydrogen-bond donors (Lipinski definition) is 5. The molecule has 0 spiro atoms. The van der Waals surface area contributed by atoms with Gasteiger partial charge in [0, 0.05) is 5.69 Å². The molecule has 7 heteroatoms. The van der Waals surface area contributed by atoms with Crippen molar-refractivity contribution in [2.24, 2.45) is 0 Å². The third-order valence-electron chi connectivity index (χ3n) is 2.99. The van der Waals surface area contributed by atoms with Crippen molar-refractivity contribution in [1.29, 1.82) is 0 Å². The van der Waals surface area contributed by atoms with Crippen molar-refractivity contribution in [3.63, 3.8) is 0 Å². The van der Waals surface area contributed by atoms with E-state index in [1.165, 1.54) is 0 Å². The molecule has 1 fully saturated rings. The van der Waals surface area contributed by atoms with E-state index in [-0.39, 0.29) is 0 Å². The van der Waals surface area contributed by atoms with Gasteiger partial charge < -0.3 is 35.6 Å². The molecule has 0 saturated carbocycles. The van der Waals surface area contributed by atoms with Crippen LogP contribution in [0.1, 0.15) is 0 Å². The highest BCUT2D eigenvalue weighted by Gasteiger charge is 2.45. The first-order valence-electron chi connectivity index (χ1n) is 5.85. The number of aliphatic hydroxyl groups excluding tert-OH is 4. The molecule has 1 aromatic rings. The third-order valence-corrected chi connectivity index (χ3v) is 2.99. The Labute approximate surface area is 109 Å². The van der Waals surface area contributed by atoms with Crippen LogP contribution in [0.5, 0.6) is 5.75 Å². The van der Waals surface area contributed by atoms with E-state index in [0.717, 1.165) is 0 Å². The number of anilines is 1. The lowest BCUT2D eigenvalue weighted by Crippen LogP contribution is -2.60. The van der Waals surface area contributed by atoms with Crippen LogP contribution in [0.15, 0.2) is 24.3 Å².